The molecule has 5 heteroatoms. The van der Waals surface area contributed by atoms with E-state index < -0.39 is 9.84 Å². The van der Waals surface area contributed by atoms with Crippen molar-refractivity contribution >= 4 is 21.4 Å². The quantitative estimate of drug-likeness (QED) is 0.642. The fourth-order valence-electron chi connectivity index (χ4n) is 1.39. The Balaban J connectivity index is 2.52. The van der Waals surface area contributed by atoms with Gasteiger partial charge in [-0.3, -0.25) is 0 Å². The van der Waals surface area contributed by atoms with Crippen molar-refractivity contribution in [2.75, 3.05) is 31.1 Å². The van der Waals surface area contributed by atoms with Gasteiger partial charge < -0.3 is 4.74 Å². The monoisotopic (exact) mass is 212 g/mol. The number of ether oxygens (including phenoxy) is 1. The van der Waals surface area contributed by atoms with Gasteiger partial charge >= 0.3 is 0 Å². The van der Waals surface area contributed by atoms with Crippen molar-refractivity contribution in [2.24, 2.45) is 11.8 Å². The molecule has 0 aliphatic carbocycles. The van der Waals surface area contributed by atoms with Crippen molar-refractivity contribution in [3.05, 3.63) is 0 Å². The van der Waals surface area contributed by atoms with E-state index >= 15 is 0 Å². The lowest BCUT2D eigenvalue weighted by molar-refractivity contribution is 0.183. The van der Waals surface area contributed by atoms with Gasteiger partial charge in [0, 0.05) is 24.0 Å². The third-order valence-electron chi connectivity index (χ3n) is 2.05. The van der Waals surface area contributed by atoms with E-state index in [9.17, 15) is 8.42 Å². The molecule has 3 nitrogen and oxygen atoms in total. The van der Waals surface area contributed by atoms with E-state index in [4.69, 9.17) is 16.3 Å². The third kappa shape index (κ3) is 2.92. The van der Waals surface area contributed by atoms with Crippen molar-refractivity contribution < 1.29 is 13.2 Å². The van der Waals surface area contributed by atoms with Crippen LogP contribution in [-0.2, 0) is 14.6 Å². The van der Waals surface area contributed by atoms with E-state index in [1.54, 1.807) is 0 Å². The molecule has 1 rings (SSSR count). The lowest BCUT2D eigenvalue weighted by atomic mass is 10.0. The molecule has 12 heavy (non-hydrogen) atoms. The molecule has 1 aliphatic heterocycles. The van der Waals surface area contributed by atoms with E-state index in [2.05, 4.69) is 0 Å². The Morgan fingerprint density at radius 3 is 2.50 bits per heavy atom. The highest BCUT2D eigenvalue weighted by atomic mass is 35.5. The van der Waals surface area contributed by atoms with E-state index in [-0.39, 0.29) is 17.6 Å². The maximum Gasteiger partial charge on any atom is 0.147 e. The van der Waals surface area contributed by atoms with E-state index in [0.717, 1.165) is 0 Å². The van der Waals surface area contributed by atoms with Crippen LogP contribution in [0.4, 0.5) is 0 Å². The van der Waals surface area contributed by atoms with Crippen LogP contribution in [-0.4, -0.2) is 39.5 Å². The minimum Gasteiger partial charge on any atom is -0.381 e. The summed E-state index contributed by atoms with van der Waals surface area (Å²) < 4.78 is 27.1. The molecule has 2 atom stereocenters. The molecule has 1 aliphatic rings. The molecule has 0 spiro atoms. The van der Waals surface area contributed by atoms with Crippen LogP contribution in [0.25, 0.3) is 0 Å². The molecule has 0 N–H and O–H groups in total. The number of rotatable bonds is 3. The summed E-state index contributed by atoms with van der Waals surface area (Å²) in [6.07, 6.45) is 1.25. The second kappa shape index (κ2) is 3.94. The second-order valence-corrected chi connectivity index (χ2v) is 5.80. The molecule has 1 heterocycles. The molecule has 1 fully saturated rings. The predicted octanol–water partition coefficient (Wildman–Crippen LogP) is 0.532. The van der Waals surface area contributed by atoms with Crippen molar-refractivity contribution in [1.29, 1.82) is 0 Å². The first-order chi connectivity index (χ1) is 5.53. The van der Waals surface area contributed by atoms with E-state index in [1.165, 1.54) is 6.26 Å². The van der Waals surface area contributed by atoms with Gasteiger partial charge in [-0.2, -0.15) is 0 Å². The molecule has 0 amide bonds. The average Bonchev–Trinajstić information content (AvgIpc) is 2.31. The molecule has 0 aromatic heterocycles. The van der Waals surface area contributed by atoms with E-state index in [0.29, 0.717) is 19.1 Å². The molecule has 0 aromatic carbocycles. The summed E-state index contributed by atoms with van der Waals surface area (Å²) in [6.45, 7) is 1.13. The first-order valence-corrected chi connectivity index (χ1v) is 6.44. The summed E-state index contributed by atoms with van der Waals surface area (Å²) in [5, 5.41) is 0. The summed E-state index contributed by atoms with van der Waals surface area (Å²) in [5.41, 5.74) is 0. The zero-order chi connectivity index (χ0) is 9.19. The maximum atomic E-state index is 11.0. The van der Waals surface area contributed by atoms with Gasteiger partial charge in [0.2, 0.25) is 0 Å². The van der Waals surface area contributed by atoms with Gasteiger partial charge in [-0.25, -0.2) is 8.42 Å². The molecule has 0 bridgehead atoms. The summed E-state index contributed by atoms with van der Waals surface area (Å²) in [6, 6.07) is 0. The highest BCUT2D eigenvalue weighted by molar-refractivity contribution is 7.90. The first-order valence-electron chi connectivity index (χ1n) is 3.84. The van der Waals surface area contributed by atoms with Gasteiger partial charge in [0.05, 0.1) is 19.0 Å². The average molecular weight is 213 g/mol. The van der Waals surface area contributed by atoms with Crippen LogP contribution < -0.4 is 0 Å². The van der Waals surface area contributed by atoms with Crippen LogP contribution in [0.2, 0.25) is 0 Å². The molecule has 0 saturated carbocycles. The van der Waals surface area contributed by atoms with Gasteiger partial charge in [0.1, 0.15) is 9.84 Å². The van der Waals surface area contributed by atoms with Crippen LogP contribution in [0, 0.1) is 11.8 Å². The molecular formula is C7H13ClO3S. The minimum absolute atomic E-state index is 0.0949. The molecule has 0 unspecified atom stereocenters. The topological polar surface area (TPSA) is 43.4 Å². The minimum atomic E-state index is -2.89. The Morgan fingerprint density at radius 2 is 2.00 bits per heavy atom. The summed E-state index contributed by atoms with van der Waals surface area (Å²) in [7, 11) is -2.89. The van der Waals surface area contributed by atoms with Gasteiger partial charge in [0.25, 0.3) is 0 Å². The normalized spacial score (nSPS) is 30.8. The number of sulfone groups is 1. The number of halogens is 1. The van der Waals surface area contributed by atoms with Crippen molar-refractivity contribution in [3.8, 4) is 0 Å². The maximum absolute atomic E-state index is 11.0. The summed E-state index contributed by atoms with van der Waals surface area (Å²) in [5.74, 6) is 0.990. The van der Waals surface area contributed by atoms with Gasteiger partial charge in [0.15, 0.2) is 0 Å². The van der Waals surface area contributed by atoms with Crippen molar-refractivity contribution in [2.45, 2.75) is 0 Å². The van der Waals surface area contributed by atoms with E-state index in [1.807, 2.05) is 0 Å². The van der Waals surface area contributed by atoms with Crippen molar-refractivity contribution in [3.63, 3.8) is 0 Å². The Hall–Kier alpha value is 0.200. The highest BCUT2D eigenvalue weighted by Gasteiger charge is 2.29. The lowest BCUT2D eigenvalue weighted by Crippen LogP contribution is -2.22. The summed E-state index contributed by atoms with van der Waals surface area (Å²) >= 11 is 5.66. The van der Waals surface area contributed by atoms with Crippen LogP contribution in [0.1, 0.15) is 0 Å². The Morgan fingerprint density at radius 1 is 1.42 bits per heavy atom. The predicted molar refractivity (Wildman–Crippen MR) is 48.2 cm³/mol. The Bertz CT molecular complexity index is 237. The zero-order valence-corrected chi connectivity index (χ0v) is 8.57. The van der Waals surface area contributed by atoms with Crippen LogP contribution in [0.15, 0.2) is 0 Å². The molecule has 1 saturated heterocycles. The third-order valence-corrected chi connectivity index (χ3v) is 3.48. The Kier molecular flexibility index (Phi) is 3.37. The summed E-state index contributed by atoms with van der Waals surface area (Å²) in [4.78, 5) is 0. The SMILES string of the molecule is CS(=O)(=O)C[C@@H]1COC[C@H]1CCl. The first kappa shape index (κ1) is 10.3. The smallest absolute Gasteiger partial charge is 0.147 e. The number of alkyl halides is 1. The van der Waals surface area contributed by atoms with Crippen LogP contribution in [0.3, 0.4) is 0 Å². The largest absolute Gasteiger partial charge is 0.381 e. The number of hydrogen-bond donors (Lipinski definition) is 0. The van der Waals surface area contributed by atoms with Gasteiger partial charge in [-0.05, 0) is 0 Å². The van der Waals surface area contributed by atoms with Crippen molar-refractivity contribution in [1.82, 2.24) is 0 Å². The standard InChI is InChI=1S/C7H13ClO3S/c1-12(9,10)5-7-4-11-3-6(7)2-8/h6-7H,2-5H2,1H3/t6-,7+/m1/s1. The van der Waals surface area contributed by atoms with Gasteiger partial charge in [-0.1, -0.05) is 0 Å². The van der Waals surface area contributed by atoms with Crippen LogP contribution >= 0.6 is 11.6 Å². The fraction of sp³-hybridized carbons (Fsp3) is 1.00. The Labute approximate surface area is 78.0 Å². The number of hydrogen-bond acceptors (Lipinski definition) is 3. The van der Waals surface area contributed by atoms with Crippen LogP contribution in [0.5, 0.6) is 0 Å². The zero-order valence-electron chi connectivity index (χ0n) is 6.99. The molecule has 0 aromatic rings. The highest BCUT2D eigenvalue weighted by Crippen LogP contribution is 2.23. The molecule has 0 radical (unpaired) electrons. The molecule has 72 valence electrons. The lowest BCUT2D eigenvalue weighted by Gasteiger charge is -2.12. The van der Waals surface area contributed by atoms with Gasteiger partial charge in [-0.15, -0.1) is 11.6 Å². The molecular weight excluding hydrogens is 200 g/mol. The fourth-order valence-corrected chi connectivity index (χ4v) is 2.87. The second-order valence-electron chi connectivity index (χ2n) is 3.30.